The molecular weight excluding hydrogens is 316 g/mol. The fourth-order valence-electron chi connectivity index (χ4n) is 2.64. The average Bonchev–Trinajstić information content (AvgIpc) is 2.59. The molecule has 3 atom stereocenters. The van der Waals surface area contributed by atoms with Crippen LogP contribution < -0.4 is 0 Å². The van der Waals surface area contributed by atoms with Gasteiger partial charge in [-0.1, -0.05) is 64.7 Å². The van der Waals surface area contributed by atoms with E-state index in [1.54, 1.807) is 6.92 Å². The maximum atomic E-state index is 9.17. The normalized spacial score (nSPS) is 15.2. The van der Waals surface area contributed by atoms with E-state index in [-0.39, 0.29) is 12.2 Å². The number of unbranched alkanes of at least 4 members (excludes halogenated alkanes) is 9. The highest BCUT2D eigenvalue weighted by Crippen LogP contribution is 2.10. The fourth-order valence-corrected chi connectivity index (χ4v) is 2.64. The predicted octanol–water partition coefficient (Wildman–Crippen LogP) is 5.11. The second-order valence-electron chi connectivity index (χ2n) is 7.39. The average molecular weight is 361 g/mol. The molecule has 25 heavy (non-hydrogen) atoms. The van der Waals surface area contributed by atoms with E-state index in [0.29, 0.717) is 19.8 Å². The van der Waals surface area contributed by atoms with E-state index in [1.807, 2.05) is 13.8 Å². The largest absolute Gasteiger partial charge is 0.391 e. The zero-order valence-electron chi connectivity index (χ0n) is 17.3. The van der Waals surface area contributed by atoms with Crippen LogP contribution in [0.3, 0.4) is 0 Å². The lowest BCUT2D eigenvalue weighted by Gasteiger charge is -2.18. The van der Waals surface area contributed by atoms with Crippen LogP contribution in [0.4, 0.5) is 0 Å². The summed E-state index contributed by atoms with van der Waals surface area (Å²) in [6.07, 6.45) is 13.1. The van der Waals surface area contributed by atoms with Gasteiger partial charge in [-0.25, -0.2) is 0 Å². The Morgan fingerprint density at radius 2 is 1.12 bits per heavy atom. The molecule has 0 saturated carbocycles. The monoisotopic (exact) mass is 360 g/mol. The van der Waals surface area contributed by atoms with Gasteiger partial charge in [0.05, 0.1) is 38.1 Å². The number of hydrogen-bond donors (Lipinski definition) is 1. The third kappa shape index (κ3) is 20.0. The first kappa shape index (κ1) is 24.8. The Bertz CT molecular complexity index is 258. The maximum Gasteiger partial charge on any atom is 0.0781 e. The van der Waals surface area contributed by atoms with Crippen LogP contribution in [0.15, 0.2) is 0 Å². The SMILES string of the molecule is CCCCCCCCCCCCOCC(C)OCC(C)OCC(C)O. The molecule has 0 aliphatic carbocycles. The quantitative estimate of drug-likeness (QED) is 0.325. The van der Waals surface area contributed by atoms with Crippen molar-refractivity contribution in [1.29, 1.82) is 0 Å². The van der Waals surface area contributed by atoms with Gasteiger partial charge < -0.3 is 19.3 Å². The van der Waals surface area contributed by atoms with Crippen molar-refractivity contribution < 1.29 is 19.3 Å². The van der Waals surface area contributed by atoms with Crippen LogP contribution >= 0.6 is 0 Å². The van der Waals surface area contributed by atoms with Gasteiger partial charge in [0, 0.05) is 6.61 Å². The molecular formula is C21H44O4. The molecule has 4 heteroatoms. The van der Waals surface area contributed by atoms with Crippen molar-refractivity contribution in [3.8, 4) is 0 Å². The summed E-state index contributed by atoms with van der Waals surface area (Å²) in [6, 6.07) is 0. The Labute approximate surface area is 156 Å². The molecule has 0 aliphatic rings. The van der Waals surface area contributed by atoms with Gasteiger partial charge in [-0.05, 0) is 27.2 Å². The van der Waals surface area contributed by atoms with E-state index in [4.69, 9.17) is 14.2 Å². The molecule has 0 saturated heterocycles. The van der Waals surface area contributed by atoms with E-state index in [1.165, 1.54) is 57.8 Å². The highest BCUT2D eigenvalue weighted by atomic mass is 16.6. The molecule has 4 nitrogen and oxygen atoms in total. The molecule has 0 amide bonds. The predicted molar refractivity (Wildman–Crippen MR) is 105 cm³/mol. The first-order chi connectivity index (χ1) is 12.1. The Balaban J connectivity index is 3.25. The Kier molecular flexibility index (Phi) is 18.5. The number of aliphatic hydroxyl groups excluding tert-OH is 1. The first-order valence-corrected chi connectivity index (χ1v) is 10.5. The van der Waals surface area contributed by atoms with Gasteiger partial charge in [-0.3, -0.25) is 0 Å². The topological polar surface area (TPSA) is 47.9 Å². The third-order valence-electron chi connectivity index (χ3n) is 4.23. The van der Waals surface area contributed by atoms with Crippen LogP contribution in [0, 0.1) is 0 Å². The van der Waals surface area contributed by atoms with E-state index in [0.717, 1.165) is 13.0 Å². The fraction of sp³-hybridized carbons (Fsp3) is 1.00. The van der Waals surface area contributed by atoms with Crippen LogP contribution in [-0.2, 0) is 14.2 Å². The summed E-state index contributed by atoms with van der Waals surface area (Å²) in [6.45, 7) is 10.3. The minimum Gasteiger partial charge on any atom is -0.391 e. The Morgan fingerprint density at radius 1 is 0.640 bits per heavy atom. The minimum absolute atomic E-state index is 0.000905. The first-order valence-electron chi connectivity index (χ1n) is 10.5. The van der Waals surface area contributed by atoms with Crippen molar-refractivity contribution in [2.45, 2.75) is 110 Å². The van der Waals surface area contributed by atoms with Crippen LogP contribution in [0.25, 0.3) is 0 Å². The zero-order chi connectivity index (χ0) is 18.8. The van der Waals surface area contributed by atoms with Crippen molar-refractivity contribution >= 4 is 0 Å². The van der Waals surface area contributed by atoms with Gasteiger partial charge in [-0.15, -0.1) is 0 Å². The smallest absolute Gasteiger partial charge is 0.0781 e. The Morgan fingerprint density at radius 3 is 1.68 bits per heavy atom. The van der Waals surface area contributed by atoms with E-state index < -0.39 is 6.10 Å². The van der Waals surface area contributed by atoms with Crippen molar-refractivity contribution in [2.75, 3.05) is 26.4 Å². The molecule has 0 heterocycles. The summed E-state index contributed by atoms with van der Waals surface area (Å²) in [5.41, 5.74) is 0. The standard InChI is InChI=1S/C21H44O4/c1-5-6-7-8-9-10-11-12-13-14-15-23-17-20(3)25-18-21(4)24-16-19(2)22/h19-22H,5-18H2,1-4H3. The van der Waals surface area contributed by atoms with E-state index >= 15 is 0 Å². The molecule has 0 bridgehead atoms. The van der Waals surface area contributed by atoms with Crippen LogP contribution in [0.5, 0.6) is 0 Å². The molecule has 0 aliphatic heterocycles. The molecule has 0 aromatic heterocycles. The van der Waals surface area contributed by atoms with Gasteiger partial charge in [0.2, 0.25) is 0 Å². The number of aliphatic hydroxyl groups is 1. The van der Waals surface area contributed by atoms with Crippen molar-refractivity contribution in [3.63, 3.8) is 0 Å². The molecule has 0 rings (SSSR count). The van der Waals surface area contributed by atoms with Crippen molar-refractivity contribution in [1.82, 2.24) is 0 Å². The van der Waals surface area contributed by atoms with Gasteiger partial charge in [0.1, 0.15) is 0 Å². The van der Waals surface area contributed by atoms with Crippen LogP contribution in [0.2, 0.25) is 0 Å². The van der Waals surface area contributed by atoms with Gasteiger partial charge in [0.25, 0.3) is 0 Å². The molecule has 0 spiro atoms. The summed E-state index contributed by atoms with van der Waals surface area (Å²) >= 11 is 0. The molecule has 3 unspecified atom stereocenters. The lowest BCUT2D eigenvalue weighted by Crippen LogP contribution is -2.25. The second kappa shape index (κ2) is 18.6. The van der Waals surface area contributed by atoms with Crippen LogP contribution in [0.1, 0.15) is 91.9 Å². The lowest BCUT2D eigenvalue weighted by molar-refractivity contribution is -0.0701. The highest BCUT2D eigenvalue weighted by molar-refractivity contribution is 4.54. The van der Waals surface area contributed by atoms with E-state index in [2.05, 4.69) is 6.92 Å². The summed E-state index contributed by atoms with van der Waals surface area (Å²) in [4.78, 5) is 0. The molecule has 0 fully saturated rings. The minimum atomic E-state index is -0.427. The molecule has 0 radical (unpaired) electrons. The summed E-state index contributed by atoms with van der Waals surface area (Å²) < 4.78 is 16.9. The molecule has 1 N–H and O–H groups in total. The lowest BCUT2D eigenvalue weighted by atomic mass is 10.1. The molecule has 152 valence electrons. The van der Waals surface area contributed by atoms with E-state index in [9.17, 15) is 5.11 Å². The van der Waals surface area contributed by atoms with Gasteiger partial charge in [0.15, 0.2) is 0 Å². The summed E-state index contributed by atoms with van der Waals surface area (Å²) in [5.74, 6) is 0. The second-order valence-corrected chi connectivity index (χ2v) is 7.39. The number of rotatable bonds is 19. The van der Waals surface area contributed by atoms with Crippen LogP contribution in [-0.4, -0.2) is 49.8 Å². The zero-order valence-corrected chi connectivity index (χ0v) is 17.3. The van der Waals surface area contributed by atoms with Gasteiger partial charge >= 0.3 is 0 Å². The summed E-state index contributed by atoms with van der Waals surface area (Å²) in [7, 11) is 0. The van der Waals surface area contributed by atoms with Gasteiger partial charge in [-0.2, -0.15) is 0 Å². The number of hydrogen-bond acceptors (Lipinski definition) is 4. The third-order valence-corrected chi connectivity index (χ3v) is 4.23. The number of ether oxygens (including phenoxy) is 3. The van der Waals surface area contributed by atoms with Crippen molar-refractivity contribution in [3.05, 3.63) is 0 Å². The molecule has 0 aromatic rings. The maximum absolute atomic E-state index is 9.17. The highest BCUT2D eigenvalue weighted by Gasteiger charge is 2.08. The molecule has 0 aromatic carbocycles. The van der Waals surface area contributed by atoms with Crippen molar-refractivity contribution in [2.24, 2.45) is 0 Å². The Hall–Kier alpha value is -0.160. The summed E-state index contributed by atoms with van der Waals surface area (Å²) in [5, 5.41) is 9.17.